The predicted molar refractivity (Wildman–Crippen MR) is 84.4 cm³/mol. The number of rotatable bonds is 4. The molecule has 2 aromatic carbocycles. The third-order valence-corrected chi connectivity index (χ3v) is 3.51. The van der Waals surface area contributed by atoms with Crippen LogP contribution in [0.25, 0.3) is 0 Å². The summed E-state index contributed by atoms with van der Waals surface area (Å²) < 4.78 is 5.99. The van der Waals surface area contributed by atoms with E-state index in [-0.39, 0.29) is 6.04 Å². The summed E-state index contributed by atoms with van der Waals surface area (Å²) in [6.45, 7) is 8.42. The Morgan fingerprint density at radius 2 is 1.50 bits per heavy atom. The number of hydrogen-bond acceptors (Lipinski definition) is 2. The fraction of sp³-hybridized carbons (Fsp3) is 0.333. The van der Waals surface area contributed by atoms with Gasteiger partial charge in [0, 0.05) is 6.04 Å². The summed E-state index contributed by atoms with van der Waals surface area (Å²) in [7, 11) is 0. The van der Waals surface area contributed by atoms with E-state index in [2.05, 4.69) is 39.0 Å². The van der Waals surface area contributed by atoms with E-state index >= 15 is 0 Å². The molecule has 0 aliphatic carbocycles. The molecular formula is C18H23NO. The number of benzene rings is 2. The second-order valence-corrected chi connectivity index (χ2v) is 5.64. The van der Waals surface area contributed by atoms with E-state index in [1.165, 1.54) is 5.56 Å². The highest BCUT2D eigenvalue weighted by Gasteiger charge is 2.06. The maximum Gasteiger partial charge on any atom is 0.130 e. The summed E-state index contributed by atoms with van der Waals surface area (Å²) in [6, 6.07) is 14.4. The highest BCUT2D eigenvalue weighted by Crippen LogP contribution is 2.29. The van der Waals surface area contributed by atoms with Gasteiger partial charge >= 0.3 is 0 Å². The Morgan fingerprint density at radius 1 is 0.900 bits per heavy atom. The first kappa shape index (κ1) is 14.6. The van der Waals surface area contributed by atoms with Gasteiger partial charge in [-0.25, -0.2) is 0 Å². The molecule has 0 saturated heterocycles. The predicted octanol–water partition coefficient (Wildman–Crippen LogP) is 4.93. The van der Waals surface area contributed by atoms with Crippen LogP contribution in [0.4, 0.5) is 0 Å². The Morgan fingerprint density at radius 3 is 2.05 bits per heavy atom. The molecule has 0 fully saturated rings. The van der Waals surface area contributed by atoms with Crippen molar-refractivity contribution in [2.75, 3.05) is 0 Å². The molecule has 0 radical (unpaired) electrons. The quantitative estimate of drug-likeness (QED) is 0.854. The zero-order chi connectivity index (χ0) is 14.7. The molecule has 2 N–H and O–H groups in total. The summed E-state index contributed by atoms with van der Waals surface area (Å²) in [5.41, 5.74) is 9.40. The zero-order valence-electron chi connectivity index (χ0n) is 12.7. The lowest BCUT2D eigenvalue weighted by Crippen LogP contribution is -2.04. The van der Waals surface area contributed by atoms with Gasteiger partial charge in [-0.3, -0.25) is 0 Å². The monoisotopic (exact) mass is 269 g/mol. The lowest BCUT2D eigenvalue weighted by atomic mass is 10.0. The minimum absolute atomic E-state index is 0.0510. The number of aryl methyl sites for hydroxylation is 1. The minimum Gasteiger partial charge on any atom is -0.457 e. The second kappa shape index (κ2) is 6.10. The van der Waals surface area contributed by atoms with Crippen molar-refractivity contribution >= 4 is 0 Å². The van der Waals surface area contributed by atoms with Crippen LogP contribution in [-0.2, 0) is 0 Å². The van der Waals surface area contributed by atoms with E-state index in [0.717, 1.165) is 22.6 Å². The van der Waals surface area contributed by atoms with Gasteiger partial charge in [0.25, 0.3) is 0 Å². The molecule has 2 aromatic rings. The molecule has 2 heteroatoms. The number of hydrogen-bond donors (Lipinski definition) is 1. The van der Waals surface area contributed by atoms with Crippen molar-refractivity contribution in [3.05, 3.63) is 59.2 Å². The molecule has 106 valence electrons. The van der Waals surface area contributed by atoms with Gasteiger partial charge in [-0.2, -0.15) is 0 Å². The fourth-order valence-corrected chi connectivity index (χ4v) is 2.05. The molecule has 0 spiro atoms. The van der Waals surface area contributed by atoms with Gasteiger partial charge in [0.05, 0.1) is 0 Å². The average Bonchev–Trinajstić information content (AvgIpc) is 2.41. The van der Waals surface area contributed by atoms with Crippen LogP contribution < -0.4 is 10.5 Å². The van der Waals surface area contributed by atoms with Gasteiger partial charge in [-0.05, 0) is 54.7 Å². The topological polar surface area (TPSA) is 35.2 Å². The van der Waals surface area contributed by atoms with E-state index in [4.69, 9.17) is 10.5 Å². The summed E-state index contributed by atoms with van der Waals surface area (Å²) in [5, 5.41) is 0. The van der Waals surface area contributed by atoms with E-state index in [0.29, 0.717) is 5.92 Å². The second-order valence-electron chi connectivity index (χ2n) is 5.64. The fourth-order valence-electron chi connectivity index (χ4n) is 2.05. The molecule has 0 unspecified atom stereocenters. The first-order valence-electron chi connectivity index (χ1n) is 7.11. The summed E-state index contributed by atoms with van der Waals surface area (Å²) >= 11 is 0. The molecule has 1 atom stereocenters. The van der Waals surface area contributed by atoms with Crippen LogP contribution in [0, 0.1) is 6.92 Å². The van der Waals surface area contributed by atoms with E-state index in [1.807, 2.05) is 31.2 Å². The Balaban J connectivity index is 2.23. The maximum atomic E-state index is 5.99. The van der Waals surface area contributed by atoms with Gasteiger partial charge in [-0.1, -0.05) is 38.1 Å². The molecule has 0 heterocycles. The number of nitrogens with two attached hydrogens (primary N) is 1. The normalized spacial score (nSPS) is 12.5. The van der Waals surface area contributed by atoms with Gasteiger partial charge in [0.15, 0.2) is 0 Å². The lowest BCUT2D eigenvalue weighted by molar-refractivity contribution is 0.477. The van der Waals surface area contributed by atoms with Crippen LogP contribution in [0.2, 0.25) is 0 Å². The van der Waals surface area contributed by atoms with Crippen LogP contribution >= 0.6 is 0 Å². The minimum atomic E-state index is 0.0510. The van der Waals surface area contributed by atoms with E-state index in [9.17, 15) is 0 Å². The van der Waals surface area contributed by atoms with Gasteiger partial charge in [0.1, 0.15) is 11.5 Å². The standard InChI is InChI=1S/C18H23NO/c1-12(2)16-6-5-13(3)18(11-16)20-17-9-7-15(8-10-17)14(4)19/h5-12,14H,19H2,1-4H3/t14-/m0/s1. The molecule has 0 aliphatic heterocycles. The van der Waals surface area contributed by atoms with Crippen LogP contribution in [0.15, 0.2) is 42.5 Å². The maximum absolute atomic E-state index is 5.99. The van der Waals surface area contributed by atoms with Crippen molar-refractivity contribution in [2.45, 2.75) is 39.7 Å². The highest BCUT2D eigenvalue weighted by atomic mass is 16.5. The van der Waals surface area contributed by atoms with Crippen molar-refractivity contribution < 1.29 is 4.74 Å². The summed E-state index contributed by atoms with van der Waals surface area (Å²) in [4.78, 5) is 0. The van der Waals surface area contributed by atoms with Crippen LogP contribution in [0.5, 0.6) is 11.5 Å². The molecule has 0 aliphatic rings. The molecule has 0 bridgehead atoms. The summed E-state index contributed by atoms with van der Waals surface area (Å²) in [5.74, 6) is 2.27. The van der Waals surface area contributed by atoms with Crippen molar-refractivity contribution in [3.8, 4) is 11.5 Å². The molecule has 20 heavy (non-hydrogen) atoms. The molecule has 0 saturated carbocycles. The van der Waals surface area contributed by atoms with Crippen molar-refractivity contribution in [3.63, 3.8) is 0 Å². The van der Waals surface area contributed by atoms with Crippen molar-refractivity contribution in [1.29, 1.82) is 0 Å². The first-order chi connectivity index (χ1) is 9.47. The zero-order valence-corrected chi connectivity index (χ0v) is 12.7. The van der Waals surface area contributed by atoms with Crippen LogP contribution in [0.1, 0.15) is 49.4 Å². The van der Waals surface area contributed by atoms with Gasteiger partial charge in [-0.15, -0.1) is 0 Å². The van der Waals surface area contributed by atoms with E-state index < -0.39 is 0 Å². The smallest absolute Gasteiger partial charge is 0.130 e. The molecule has 0 aromatic heterocycles. The van der Waals surface area contributed by atoms with Gasteiger partial charge < -0.3 is 10.5 Å². The third-order valence-electron chi connectivity index (χ3n) is 3.51. The number of ether oxygens (including phenoxy) is 1. The molecule has 2 nitrogen and oxygen atoms in total. The first-order valence-corrected chi connectivity index (χ1v) is 7.11. The Hall–Kier alpha value is -1.80. The Kier molecular flexibility index (Phi) is 4.46. The van der Waals surface area contributed by atoms with Gasteiger partial charge in [0.2, 0.25) is 0 Å². The van der Waals surface area contributed by atoms with Crippen molar-refractivity contribution in [1.82, 2.24) is 0 Å². The lowest BCUT2D eigenvalue weighted by Gasteiger charge is -2.13. The van der Waals surface area contributed by atoms with Crippen LogP contribution in [-0.4, -0.2) is 0 Å². The van der Waals surface area contributed by atoms with Crippen LogP contribution in [0.3, 0.4) is 0 Å². The SMILES string of the molecule is Cc1ccc(C(C)C)cc1Oc1ccc([C@H](C)N)cc1. The average molecular weight is 269 g/mol. The molecule has 0 amide bonds. The van der Waals surface area contributed by atoms with E-state index in [1.54, 1.807) is 0 Å². The molecule has 2 rings (SSSR count). The molecular weight excluding hydrogens is 246 g/mol. The Bertz CT molecular complexity index is 570. The summed E-state index contributed by atoms with van der Waals surface area (Å²) in [6.07, 6.45) is 0. The third kappa shape index (κ3) is 3.40. The highest BCUT2D eigenvalue weighted by molar-refractivity contribution is 5.41. The largest absolute Gasteiger partial charge is 0.457 e. The Labute approximate surface area is 121 Å². The van der Waals surface area contributed by atoms with Crippen molar-refractivity contribution in [2.24, 2.45) is 5.73 Å².